The summed E-state index contributed by atoms with van der Waals surface area (Å²) in [6.45, 7) is 5.26. The van der Waals surface area contributed by atoms with Crippen molar-refractivity contribution in [3.63, 3.8) is 0 Å². The Kier molecular flexibility index (Phi) is 10.8. The zero-order valence-electron chi connectivity index (χ0n) is 33.9. The van der Waals surface area contributed by atoms with Crippen molar-refractivity contribution < 1.29 is 33.7 Å². The van der Waals surface area contributed by atoms with Crippen LogP contribution in [0, 0.1) is 28.6 Å². The molecule has 0 unspecified atom stereocenters. The van der Waals surface area contributed by atoms with E-state index in [0.29, 0.717) is 55.7 Å². The number of ketones is 1. The van der Waals surface area contributed by atoms with Crippen LogP contribution in [0.2, 0.25) is 0 Å². The summed E-state index contributed by atoms with van der Waals surface area (Å²) in [5.74, 6) is 3.43. The summed E-state index contributed by atoms with van der Waals surface area (Å²) in [5, 5.41) is 24.4. The first-order chi connectivity index (χ1) is 26.9. The van der Waals surface area contributed by atoms with Crippen molar-refractivity contribution in [2.75, 3.05) is 27.3 Å². The highest BCUT2D eigenvalue weighted by molar-refractivity contribution is 6.08. The Hall–Kier alpha value is -3.88. The van der Waals surface area contributed by atoms with E-state index in [-0.39, 0.29) is 41.7 Å². The lowest BCUT2D eigenvalue weighted by Gasteiger charge is -2.58. The monoisotopic (exact) mass is 763 g/mol. The minimum absolute atomic E-state index is 0.0293. The van der Waals surface area contributed by atoms with E-state index in [0.717, 1.165) is 47.3 Å². The van der Waals surface area contributed by atoms with Gasteiger partial charge in [-0.15, -0.1) is 0 Å². The van der Waals surface area contributed by atoms with E-state index in [1.165, 1.54) is 50.4 Å². The number of aliphatic hydroxyl groups is 2. The summed E-state index contributed by atoms with van der Waals surface area (Å²) in [6.07, 6.45) is 15.5. The van der Waals surface area contributed by atoms with Crippen LogP contribution in [0.5, 0.6) is 11.5 Å². The minimum atomic E-state index is -1.20. The molecule has 4 atom stereocenters. The molecule has 6 bridgehead atoms. The highest BCUT2D eigenvalue weighted by Crippen LogP contribution is 2.62. The van der Waals surface area contributed by atoms with E-state index in [2.05, 4.69) is 37.0 Å². The van der Waals surface area contributed by atoms with Gasteiger partial charge in [0.25, 0.3) is 0 Å². The van der Waals surface area contributed by atoms with Crippen LogP contribution in [0.4, 0.5) is 0 Å². The van der Waals surface area contributed by atoms with E-state index in [1.54, 1.807) is 26.4 Å². The molecule has 0 aliphatic heterocycles. The molecular formula is C48H61NO7. The number of benzene rings is 2. The van der Waals surface area contributed by atoms with Crippen molar-refractivity contribution >= 4 is 11.7 Å². The highest BCUT2D eigenvalue weighted by Gasteiger charge is 2.59. The fourth-order valence-electron chi connectivity index (χ4n) is 12.5. The topological polar surface area (TPSA) is 109 Å². The number of allylic oxidation sites excluding steroid dienone is 2. The van der Waals surface area contributed by atoms with Crippen molar-refractivity contribution in [1.29, 1.82) is 0 Å². The van der Waals surface area contributed by atoms with Crippen molar-refractivity contribution in [2.45, 2.75) is 121 Å². The van der Waals surface area contributed by atoms with Crippen LogP contribution in [-0.4, -0.2) is 65.8 Å². The van der Waals surface area contributed by atoms with Gasteiger partial charge in [0.15, 0.2) is 17.3 Å². The number of furan rings is 1. The molecule has 300 valence electrons. The van der Waals surface area contributed by atoms with Crippen LogP contribution in [0.3, 0.4) is 0 Å². The lowest BCUT2D eigenvalue weighted by atomic mass is 9.49. The third kappa shape index (κ3) is 7.48. The van der Waals surface area contributed by atoms with Gasteiger partial charge in [-0.25, -0.2) is 0 Å². The predicted octanol–water partition coefficient (Wildman–Crippen LogP) is 8.85. The molecule has 7 aliphatic carbocycles. The number of nitrogens with zero attached hydrogens (tertiary/aromatic N) is 1. The molecule has 0 saturated heterocycles. The number of amides is 1. The van der Waals surface area contributed by atoms with E-state index >= 15 is 0 Å². The maximum atomic E-state index is 14.9. The Morgan fingerprint density at radius 1 is 0.911 bits per heavy atom. The molecule has 7 aliphatic rings. The summed E-state index contributed by atoms with van der Waals surface area (Å²) >= 11 is 0. The van der Waals surface area contributed by atoms with Gasteiger partial charge in [0.1, 0.15) is 0 Å². The molecule has 5 fully saturated rings. The van der Waals surface area contributed by atoms with E-state index in [4.69, 9.17) is 13.9 Å². The fourth-order valence-corrected chi connectivity index (χ4v) is 12.5. The van der Waals surface area contributed by atoms with Gasteiger partial charge in [-0.3, -0.25) is 9.59 Å². The summed E-state index contributed by atoms with van der Waals surface area (Å²) in [7, 11) is 3.23. The molecule has 3 aromatic rings. The van der Waals surface area contributed by atoms with Crippen LogP contribution in [0.25, 0.3) is 0 Å². The maximum Gasteiger partial charge on any atom is 0.228 e. The number of fused-ring (bicyclic) bond motifs is 8. The van der Waals surface area contributed by atoms with Gasteiger partial charge in [0, 0.05) is 24.1 Å². The van der Waals surface area contributed by atoms with Crippen LogP contribution in [0.1, 0.15) is 130 Å². The maximum absolute atomic E-state index is 14.9. The lowest BCUT2D eigenvalue weighted by Crippen LogP contribution is -2.58. The second kappa shape index (κ2) is 15.5. The third-order valence-corrected chi connectivity index (χ3v) is 15.0. The number of carbonyl (C=O) groups is 2. The number of rotatable bonds is 10. The van der Waals surface area contributed by atoms with Crippen molar-refractivity contribution in [3.05, 3.63) is 94.5 Å². The molecule has 8 nitrogen and oxygen atoms in total. The van der Waals surface area contributed by atoms with Crippen molar-refractivity contribution in [3.8, 4) is 11.5 Å². The van der Waals surface area contributed by atoms with Crippen LogP contribution in [0.15, 0.2) is 70.9 Å². The van der Waals surface area contributed by atoms with Gasteiger partial charge in [-0.05, 0) is 167 Å². The second-order valence-corrected chi connectivity index (χ2v) is 18.8. The molecule has 8 heteroatoms. The number of methoxy groups -OCH3 is 2. The summed E-state index contributed by atoms with van der Waals surface area (Å²) in [6, 6.07) is 15.2. The van der Waals surface area contributed by atoms with Crippen LogP contribution < -0.4 is 9.47 Å². The summed E-state index contributed by atoms with van der Waals surface area (Å²) in [4.78, 5) is 31.1. The largest absolute Gasteiger partial charge is 0.493 e. The molecule has 10 rings (SSSR count). The number of aliphatic hydroxyl groups excluding tert-OH is 1. The average Bonchev–Trinajstić information content (AvgIpc) is 3.79. The minimum Gasteiger partial charge on any atom is -0.493 e. The summed E-state index contributed by atoms with van der Waals surface area (Å²) in [5.41, 5.74) is 2.71. The van der Waals surface area contributed by atoms with Gasteiger partial charge in [-0.1, -0.05) is 36.8 Å². The summed E-state index contributed by atoms with van der Waals surface area (Å²) < 4.78 is 16.8. The first kappa shape index (κ1) is 39.0. The number of carbonyl (C=O) groups excluding carboxylic acids is 2. The van der Waals surface area contributed by atoms with Gasteiger partial charge < -0.3 is 29.0 Å². The zero-order valence-corrected chi connectivity index (χ0v) is 33.9. The normalized spacial score (nSPS) is 32.4. The first-order valence-corrected chi connectivity index (χ1v) is 21.2. The fraction of sp³-hybridized carbons (Fsp3) is 0.583. The first-order valence-electron chi connectivity index (χ1n) is 21.2. The highest BCUT2D eigenvalue weighted by atomic mass is 16.5. The molecule has 5 saturated carbocycles. The quantitative estimate of drug-likeness (QED) is 0.157. The Balaban J connectivity index is 1.17. The van der Waals surface area contributed by atoms with Gasteiger partial charge in [-0.2, -0.15) is 0 Å². The molecule has 0 spiro atoms. The molecule has 1 heterocycles. The zero-order chi connectivity index (χ0) is 39.2. The van der Waals surface area contributed by atoms with Gasteiger partial charge in [0.2, 0.25) is 11.7 Å². The SMILES string of the molecule is COc1ccc(CC(=O)N(CC23CC4CC(CC(C4)C2)C3)C[C@]2(O)CC[C@H]3c4ccc(cc4C(=O)c4ccco4)C[C@@H](O)CCC(C)=CCC[C@@]32C)cc1OC. The van der Waals surface area contributed by atoms with Crippen molar-refractivity contribution in [2.24, 2.45) is 28.6 Å². The Morgan fingerprint density at radius 2 is 1.64 bits per heavy atom. The lowest BCUT2D eigenvalue weighted by molar-refractivity contribution is -0.148. The Labute approximate surface area is 332 Å². The second-order valence-electron chi connectivity index (χ2n) is 18.8. The molecule has 2 N–H and O–H groups in total. The van der Waals surface area contributed by atoms with Gasteiger partial charge >= 0.3 is 0 Å². The third-order valence-electron chi connectivity index (χ3n) is 15.0. The molecule has 56 heavy (non-hydrogen) atoms. The number of hydrogen-bond acceptors (Lipinski definition) is 7. The van der Waals surface area contributed by atoms with Crippen LogP contribution in [-0.2, 0) is 17.6 Å². The molecule has 2 aromatic carbocycles. The smallest absolute Gasteiger partial charge is 0.228 e. The average molecular weight is 764 g/mol. The molecule has 1 aromatic heterocycles. The van der Waals surface area contributed by atoms with E-state index in [9.17, 15) is 19.8 Å². The van der Waals surface area contributed by atoms with Gasteiger partial charge in [0.05, 0.1) is 38.6 Å². The molecule has 0 radical (unpaired) electrons. The van der Waals surface area contributed by atoms with Crippen molar-refractivity contribution in [1.82, 2.24) is 4.90 Å². The van der Waals surface area contributed by atoms with Crippen LogP contribution >= 0.6 is 0 Å². The van der Waals surface area contributed by atoms with E-state index in [1.807, 2.05) is 24.3 Å². The molecular weight excluding hydrogens is 703 g/mol. The Morgan fingerprint density at radius 3 is 2.32 bits per heavy atom. The predicted molar refractivity (Wildman–Crippen MR) is 216 cm³/mol. The number of ether oxygens (including phenoxy) is 2. The standard InChI is InChI=1S/C48H61NO7/c1-31-7-5-16-46(2)40(38-13-10-32(22-37(50)12-9-31)23-39(38)45(52)42-8-6-18-56-42)15-17-48(46,53)30-49(29-47-26-34-19-35(27-47)21-36(20-34)28-47)44(51)25-33-11-14-41(54-3)43(24-33)55-4/h6-8,10-11,13-14,18,23-24,34-37,40,50,53H,5,9,12,15-17,19-22,25-30H2,1-4H3/t34?,35?,36?,37-,40-,46-,47?,48+/m0/s1. The van der Waals surface area contributed by atoms with E-state index < -0.39 is 17.1 Å². The molecule has 1 amide bonds. The Bertz CT molecular complexity index is 1910. The number of hydrogen-bond donors (Lipinski definition) is 2.